The van der Waals surface area contributed by atoms with Crippen LogP contribution in [-0.2, 0) is 6.54 Å². The number of nitrogens with zero attached hydrogens (tertiary/aromatic N) is 3. The number of rotatable bonds is 8. The molecule has 0 radical (unpaired) electrons. The van der Waals surface area contributed by atoms with Crippen LogP contribution in [0.2, 0.25) is 0 Å². The Morgan fingerprint density at radius 2 is 1.29 bits per heavy atom. The van der Waals surface area contributed by atoms with E-state index in [1.165, 1.54) is 19.8 Å². The Labute approximate surface area is 181 Å². The number of hydrogen-bond acceptors (Lipinski definition) is 6. The average molecular weight is 413 g/mol. The van der Waals surface area contributed by atoms with Crippen LogP contribution < -0.4 is 19.1 Å². The minimum absolute atomic E-state index is 0.149. The van der Waals surface area contributed by atoms with Crippen molar-refractivity contribution in [3.63, 3.8) is 0 Å². The number of para-hydroxylation sites is 3. The summed E-state index contributed by atoms with van der Waals surface area (Å²) >= 11 is 0. The summed E-state index contributed by atoms with van der Waals surface area (Å²) in [5.74, 6) is 1.35. The van der Waals surface area contributed by atoms with E-state index in [0.717, 1.165) is 11.4 Å². The Balaban J connectivity index is 1.74. The minimum atomic E-state index is 0.149. The van der Waals surface area contributed by atoms with Crippen molar-refractivity contribution in [2.24, 2.45) is 0 Å². The van der Waals surface area contributed by atoms with E-state index in [1.54, 1.807) is 6.07 Å². The smallest absolute Gasteiger partial charge is 0.328 e. The van der Waals surface area contributed by atoms with Crippen LogP contribution in [0.5, 0.6) is 23.5 Å². The van der Waals surface area contributed by atoms with Crippen molar-refractivity contribution in [1.29, 1.82) is 0 Å². The van der Waals surface area contributed by atoms with Crippen molar-refractivity contribution in [2.45, 2.75) is 6.54 Å². The molecule has 1 heterocycles. The number of ether oxygens (including phenoxy) is 3. The van der Waals surface area contributed by atoms with E-state index in [9.17, 15) is 0 Å². The quantitative estimate of drug-likeness (QED) is 0.373. The van der Waals surface area contributed by atoms with Gasteiger partial charge in [0.25, 0.3) is 0 Å². The molecule has 0 N–H and O–H groups in total. The third-order valence-electron chi connectivity index (χ3n) is 4.69. The molecule has 4 aromatic rings. The summed E-state index contributed by atoms with van der Waals surface area (Å²) in [7, 11) is 3.08. The van der Waals surface area contributed by atoms with Crippen LogP contribution in [0.3, 0.4) is 0 Å². The van der Waals surface area contributed by atoms with E-state index in [-0.39, 0.29) is 6.01 Å². The molecule has 1 aromatic heterocycles. The van der Waals surface area contributed by atoms with Gasteiger partial charge in [-0.3, -0.25) is 0 Å². The maximum Gasteiger partial charge on any atom is 0.328 e. The largest absolute Gasteiger partial charge is 0.481 e. The van der Waals surface area contributed by atoms with Gasteiger partial charge in [-0.25, -0.2) is 0 Å². The summed E-state index contributed by atoms with van der Waals surface area (Å²) in [4.78, 5) is 10.8. The number of benzene rings is 3. The fourth-order valence-corrected chi connectivity index (χ4v) is 3.19. The lowest BCUT2D eigenvalue weighted by Gasteiger charge is -2.27. The van der Waals surface area contributed by atoms with Crippen LogP contribution in [-0.4, -0.2) is 24.2 Å². The fourth-order valence-electron chi connectivity index (χ4n) is 3.19. The lowest BCUT2D eigenvalue weighted by molar-refractivity contribution is 0.348. The normalized spacial score (nSPS) is 10.4. The molecule has 0 aliphatic heterocycles. The predicted octanol–water partition coefficient (Wildman–Crippen LogP) is 5.62. The van der Waals surface area contributed by atoms with E-state index in [4.69, 9.17) is 14.2 Å². The van der Waals surface area contributed by atoms with E-state index < -0.39 is 0 Å². The maximum atomic E-state index is 6.11. The second kappa shape index (κ2) is 9.63. The van der Waals surface area contributed by atoms with Gasteiger partial charge in [0, 0.05) is 12.2 Å². The van der Waals surface area contributed by atoms with Crippen molar-refractivity contribution < 1.29 is 14.2 Å². The molecular weight excluding hydrogens is 390 g/mol. The molecule has 6 heteroatoms. The standard InChI is InChI=1S/C25H23N3O3/c1-29-23-17-24(30-2)27-25(26-23)31-22-16-10-9-15-21(22)28(20-13-7-4-8-14-20)18-19-11-5-3-6-12-19/h3-17H,18H2,1-2H3. The maximum absolute atomic E-state index is 6.11. The molecule has 0 unspecified atom stereocenters. The van der Waals surface area contributed by atoms with Gasteiger partial charge in [0.2, 0.25) is 11.8 Å². The zero-order valence-corrected chi connectivity index (χ0v) is 17.4. The first-order valence-electron chi connectivity index (χ1n) is 9.87. The molecule has 0 atom stereocenters. The predicted molar refractivity (Wildman–Crippen MR) is 120 cm³/mol. The van der Waals surface area contributed by atoms with Crippen LogP contribution in [0.25, 0.3) is 0 Å². The number of anilines is 2. The Hall–Kier alpha value is -4.06. The Kier molecular flexibility index (Phi) is 6.28. The molecule has 4 rings (SSSR count). The second-order valence-electron chi connectivity index (χ2n) is 6.71. The fraction of sp³-hybridized carbons (Fsp3) is 0.120. The Bertz CT molecular complexity index is 1100. The van der Waals surface area contributed by atoms with Crippen LogP contribution in [0.15, 0.2) is 91.0 Å². The van der Waals surface area contributed by atoms with Gasteiger partial charge in [0.1, 0.15) is 0 Å². The third kappa shape index (κ3) is 4.93. The third-order valence-corrected chi connectivity index (χ3v) is 4.69. The lowest BCUT2D eigenvalue weighted by atomic mass is 10.1. The van der Waals surface area contributed by atoms with Crippen molar-refractivity contribution in [3.8, 4) is 23.5 Å². The molecule has 0 bridgehead atoms. The zero-order chi connectivity index (χ0) is 21.5. The molecule has 0 aliphatic carbocycles. The Morgan fingerprint density at radius 1 is 0.710 bits per heavy atom. The lowest BCUT2D eigenvalue weighted by Crippen LogP contribution is -2.17. The van der Waals surface area contributed by atoms with Crippen molar-refractivity contribution in [2.75, 3.05) is 19.1 Å². The van der Waals surface area contributed by atoms with Gasteiger partial charge in [-0.05, 0) is 29.8 Å². The second-order valence-corrected chi connectivity index (χ2v) is 6.71. The summed E-state index contributed by atoms with van der Waals surface area (Å²) in [6.07, 6.45) is 0. The highest BCUT2D eigenvalue weighted by atomic mass is 16.5. The van der Waals surface area contributed by atoms with Crippen LogP contribution in [0.1, 0.15) is 5.56 Å². The van der Waals surface area contributed by atoms with Crippen molar-refractivity contribution in [1.82, 2.24) is 9.97 Å². The van der Waals surface area contributed by atoms with E-state index in [0.29, 0.717) is 24.1 Å². The highest BCUT2D eigenvalue weighted by Gasteiger charge is 2.17. The van der Waals surface area contributed by atoms with Gasteiger partial charge < -0.3 is 19.1 Å². The molecule has 0 aliphatic rings. The van der Waals surface area contributed by atoms with Gasteiger partial charge in [0.15, 0.2) is 5.75 Å². The van der Waals surface area contributed by atoms with E-state index >= 15 is 0 Å². The van der Waals surface area contributed by atoms with E-state index in [2.05, 4.69) is 39.1 Å². The topological polar surface area (TPSA) is 56.7 Å². The summed E-state index contributed by atoms with van der Waals surface area (Å²) in [6.45, 7) is 0.674. The van der Waals surface area contributed by atoms with Crippen LogP contribution in [0, 0.1) is 0 Å². The van der Waals surface area contributed by atoms with Gasteiger partial charge in [-0.1, -0.05) is 60.7 Å². The average Bonchev–Trinajstić information content (AvgIpc) is 2.84. The highest BCUT2D eigenvalue weighted by Crippen LogP contribution is 2.37. The molecule has 0 amide bonds. The number of hydrogen-bond donors (Lipinski definition) is 0. The first-order valence-corrected chi connectivity index (χ1v) is 9.87. The molecule has 31 heavy (non-hydrogen) atoms. The zero-order valence-electron chi connectivity index (χ0n) is 17.4. The molecule has 0 spiro atoms. The monoisotopic (exact) mass is 413 g/mol. The van der Waals surface area contributed by atoms with Crippen molar-refractivity contribution >= 4 is 11.4 Å². The summed E-state index contributed by atoms with van der Waals surface area (Å²) in [5, 5.41) is 0. The molecule has 0 saturated carbocycles. The summed E-state index contributed by atoms with van der Waals surface area (Å²) in [6, 6.07) is 30.1. The van der Waals surface area contributed by atoms with Gasteiger partial charge in [-0.2, -0.15) is 9.97 Å². The highest BCUT2D eigenvalue weighted by molar-refractivity contribution is 5.69. The van der Waals surface area contributed by atoms with Gasteiger partial charge in [-0.15, -0.1) is 0 Å². The number of aromatic nitrogens is 2. The van der Waals surface area contributed by atoms with Gasteiger partial charge in [0.05, 0.1) is 26.0 Å². The molecular formula is C25H23N3O3. The SMILES string of the molecule is COc1cc(OC)nc(Oc2ccccc2N(Cc2ccccc2)c2ccccc2)n1. The first-order chi connectivity index (χ1) is 15.3. The first kappa shape index (κ1) is 20.2. The van der Waals surface area contributed by atoms with Crippen LogP contribution >= 0.6 is 0 Å². The van der Waals surface area contributed by atoms with E-state index in [1.807, 2.05) is 60.7 Å². The van der Waals surface area contributed by atoms with Crippen LogP contribution in [0.4, 0.5) is 11.4 Å². The van der Waals surface area contributed by atoms with Crippen molar-refractivity contribution in [3.05, 3.63) is 96.6 Å². The summed E-state index contributed by atoms with van der Waals surface area (Å²) in [5.41, 5.74) is 3.12. The molecule has 0 saturated heterocycles. The number of methoxy groups -OCH3 is 2. The summed E-state index contributed by atoms with van der Waals surface area (Å²) < 4.78 is 16.6. The van der Waals surface area contributed by atoms with Gasteiger partial charge >= 0.3 is 6.01 Å². The minimum Gasteiger partial charge on any atom is -0.481 e. The molecule has 0 fully saturated rings. The molecule has 3 aromatic carbocycles. The Morgan fingerprint density at radius 3 is 1.94 bits per heavy atom. The molecule has 6 nitrogen and oxygen atoms in total. The molecule has 156 valence electrons.